The molecule has 1 atom stereocenters. The number of nitrogens with zero attached hydrogens (tertiary/aromatic N) is 2. The number of hydrogen-bond donors (Lipinski definition) is 2. The molecule has 5 nitrogen and oxygen atoms in total. The Morgan fingerprint density at radius 3 is 2.65 bits per heavy atom. The van der Waals surface area contributed by atoms with E-state index in [1.165, 1.54) is 12.0 Å². The Hall–Kier alpha value is -1.31. The zero-order valence-electron chi connectivity index (χ0n) is 16.0. The molecule has 0 aliphatic carbocycles. The maximum Gasteiger partial charge on any atom is 0.224 e. The maximum absolute atomic E-state index is 12.3. The molecule has 1 amide bonds. The molecule has 0 saturated carbocycles. The third kappa shape index (κ3) is 8.38. The quantitative estimate of drug-likeness (QED) is 0.278. The Morgan fingerprint density at radius 2 is 1.96 bits per heavy atom. The predicted octanol–water partition coefficient (Wildman–Crippen LogP) is 3.05. The molecule has 0 radical (unpaired) electrons. The van der Waals surface area contributed by atoms with E-state index < -0.39 is 0 Å². The number of halogens is 1. The van der Waals surface area contributed by atoms with Gasteiger partial charge >= 0.3 is 0 Å². The van der Waals surface area contributed by atoms with Crippen LogP contribution in [0, 0.1) is 5.92 Å². The van der Waals surface area contributed by atoms with Gasteiger partial charge in [0.05, 0.1) is 0 Å². The fourth-order valence-corrected chi connectivity index (χ4v) is 3.23. The molecule has 2 N–H and O–H groups in total. The number of aliphatic imine (C=N–C) groups is 1. The molecule has 1 aromatic rings. The van der Waals surface area contributed by atoms with E-state index in [0.29, 0.717) is 18.9 Å². The average Bonchev–Trinajstić information content (AvgIpc) is 2.64. The van der Waals surface area contributed by atoms with Gasteiger partial charge in [-0.1, -0.05) is 37.3 Å². The second kappa shape index (κ2) is 12.9. The number of benzene rings is 1. The SMILES string of the molecule is CN=C(NCCCc1ccccc1)NCCC(=O)N1CCCC(C)C1.I. The van der Waals surface area contributed by atoms with Gasteiger partial charge in [0.25, 0.3) is 0 Å². The summed E-state index contributed by atoms with van der Waals surface area (Å²) in [4.78, 5) is 18.5. The molecule has 1 fully saturated rings. The lowest BCUT2D eigenvalue weighted by Gasteiger charge is -2.31. The molecule has 26 heavy (non-hydrogen) atoms. The molecule has 1 saturated heterocycles. The summed E-state index contributed by atoms with van der Waals surface area (Å²) in [5, 5.41) is 6.55. The Labute approximate surface area is 175 Å². The second-order valence-electron chi connectivity index (χ2n) is 6.85. The van der Waals surface area contributed by atoms with Crippen molar-refractivity contribution in [2.45, 2.75) is 39.0 Å². The van der Waals surface area contributed by atoms with Crippen LogP contribution in [0.15, 0.2) is 35.3 Å². The number of carbonyl (C=O) groups excluding carboxylic acids is 1. The number of guanidine groups is 1. The van der Waals surface area contributed by atoms with Crippen molar-refractivity contribution in [2.24, 2.45) is 10.9 Å². The molecule has 146 valence electrons. The first kappa shape index (κ1) is 22.7. The third-order valence-corrected chi connectivity index (χ3v) is 4.64. The number of carbonyl (C=O) groups is 1. The van der Waals surface area contributed by atoms with E-state index in [1.54, 1.807) is 7.05 Å². The highest BCUT2D eigenvalue weighted by molar-refractivity contribution is 14.0. The van der Waals surface area contributed by atoms with Gasteiger partial charge in [-0.2, -0.15) is 0 Å². The lowest BCUT2D eigenvalue weighted by atomic mass is 10.00. The Balaban J connectivity index is 0.00000338. The van der Waals surface area contributed by atoms with Crippen molar-refractivity contribution in [2.75, 3.05) is 33.2 Å². The van der Waals surface area contributed by atoms with E-state index in [9.17, 15) is 4.79 Å². The highest BCUT2D eigenvalue weighted by Crippen LogP contribution is 2.15. The molecule has 6 heteroatoms. The molecule has 0 spiro atoms. The van der Waals surface area contributed by atoms with Gasteiger partial charge in [0.2, 0.25) is 5.91 Å². The minimum atomic E-state index is 0. The number of rotatable bonds is 7. The largest absolute Gasteiger partial charge is 0.356 e. The molecule has 2 rings (SSSR count). The number of aryl methyl sites for hydroxylation is 1. The van der Waals surface area contributed by atoms with Gasteiger partial charge in [0, 0.05) is 39.6 Å². The smallest absolute Gasteiger partial charge is 0.224 e. The molecule has 1 aromatic carbocycles. The van der Waals surface area contributed by atoms with Crippen molar-refractivity contribution in [1.29, 1.82) is 0 Å². The fraction of sp³-hybridized carbons (Fsp3) is 0.600. The van der Waals surface area contributed by atoms with E-state index in [2.05, 4.69) is 46.8 Å². The predicted molar refractivity (Wildman–Crippen MR) is 119 cm³/mol. The van der Waals surface area contributed by atoms with Crippen LogP contribution in [0.2, 0.25) is 0 Å². The average molecular weight is 472 g/mol. The summed E-state index contributed by atoms with van der Waals surface area (Å²) < 4.78 is 0. The summed E-state index contributed by atoms with van der Waals surface area (Å²) in [6.45, 7) is 5.54. The standard InChI is InChI=1S/C20H32N4O.HI/c1-17-8-7-15-24(16-17)19(25)12-14-23-20(21-2)22-13-6-11-18-9-4-3-5-10-18;/h3-5,9-10,17H,6-8,11-16H2,1-2H3,(H2,21,22,23);1H. The Morgan fingerprint density at radius 1 is 1.23 bits per heavy atom. The topological polar surface area (TPSA) is 56.7 Å². The number of hydrogen-bond acceptors (Lipinski definition) is 2. The summed E-state index contributed by atoms with van der Waals surface area (Å²) in [6, 6.07) is 10.5. The molecule has 1 aliphatic heterocycles. The van der Waals surface area contributed by atoms with Gasteiger partial charge in [0.1, 0.15) is 0 Å². The van der Waals surface area contributed by atoms with Gasteiger partial charge in [-0.25, -0.2) is 0 Å². The van der Waals surface area contributed by atoms with Gasteiger partial charge in [-0.05, 0) is 37.2 Å². The van der Waals surface area contributed by atoms with Gasteiger partial charge in [0.15, 0.2) is 5.96 Å². The summed E-state index contributed by atoms with van der Waals surface area (Å²) in [7, 11) is 1.76. The van der Waals surface area contributed by atoms with Crippen LogP contribution in [-0.2, 0) is 11.2 Å². The highest BCUT2D eigenvalue weighted by Gasteiger charge is 2.20. The normalized spacial score (nSPS) is 17.4. The monoisotopic (exact) mass is 472 g/mol. The van der Waals surface area contributed by atoms with Crippen LogP contribution in [0.1, 0.15) is 38.2 Å². The van der Waals surface area contributed by atoms with E-state index in [1.807, 2.05) is 11.0 Å². The molecule has 0 bridgehead atoms. The van der Waals surface area contributed by atoms with Crippen LogP contribution in [0.3, 0.4) is 0 Å². The van der Waals surface area contributed by atoms with Crippen LogP contribution in [0.4, 0.5) is 0 Å². The van der Waals surface area contributed by atoms with Crippen LogP contribution < -0.4 is 10.6 Å². The number of piperidine rings is 1. The third-order valence-electron chi connectivity index (χ3n) is 4.64. The van der Waals surface area contributed by atoms with Gasteiger partial charge < -0.3 is 15.5 Å². The summed E-state index contributed by atoms with van der Waals surface area (Å²) in [5.41, 5.74) is 1.36. The molecular formula is C20H33IN4O. The van der Waals surface area contributed by atoms with E-state index >= 15 is 0 Å². The summed E-state index contributed by atoms with van der Waals surface area (Å²) in [5.74, 6) is 1.65. The zero-order valence-corrected chi connectivity index (χ0v) is 18.4. The first-order valence-electron chi connectivity index (χ1n) is 9.45. The first-order chi connectivity index (χ1) is 12.2. The van der Waals surface area contributed by atoms with E-state index in [-0.39, 0.29) is 29.9 Å². The second-order valence-corrected chi connectivity index (χ2v) is 6.85. The van der Waals surface area contributed by atoms with Gasteiger partial charge in [-0.3, -0.25) is 9.79 Å². The Kier molecular flexibility index (Phi) is 11.3. The van der Waals surface area contributed by atoms with Crippen molar-refractivity contribution in [1.82, 2.24) is 15.5 Å². The van der Waals surface area contributed by atoms with Crippen molar-refractivity contribution >= 4 is 35.8 Å². The maximum atomic E-state index is 12.3. The lowest BCUT2D eigenvalue weighted by Crippen LogP contribution is -2.42. The molecule has 1 aliphatic rings. The van der Waals surface area contributed by atoms with Crippen molar-refractivity contribution < 1.29 is 4.79 Å². The van der Waals surface area contributed by atoms with Crippen LogP contribution in [-0.4, -0.2) is 50.0 Å². The molecule has 1 heterocycles. The molecule has 1 unspecified atom stereocenters. The number of likely N-dealkylation sites (tertiary alicyclic amines) is 1. The minimum Gasteiger partial charge on any atom is -0.356 e. The van der Waals surface area contributed by atoms with Crippen LogP contribution in [0.25, 0.3) is 0 Å². The highest BCUT2D eigenvalue weighted by atomic mass is 127. The van der Waals surface area contributed by atoms with Crippen molar-refractivity contribution in [3.8, 4) is 0 Å². The first-order valence-corrected chi connectivity index (χ1v) is 9.45. The fourth-order valence-electron chi connectivity index (χ4n) is 3.23. The van der Waals surface area contributed by atoms with E-state index in [0.717, 1.165) is 44.9 Å². The van der Waals surface area contributed by atoms with E-state index in [4.69, 9.17) is 0 Å². The zero-order chi connectivity index (χ0) is 17.9. The summed E-state index contributed by atoms with van der Waals surface area (Å²) in [6.07, 6.45) is 5.00. The van der Waals surface area contributed by atoms with Crippen molar-refractivity contribution in [3.63, 3.8) is 0 Å². The minimum absolute atomic E-state index is 0. The number of amides is 1. The molecule has 0 aromatic heterocycles. The van der Waals surface area contributed by atoms with Crippen LogP contribution in [0.5, 0.6) is 0 Å². The summed E-state index contributed by atoms with van der Waals surface area (Å²) >= 11 is 0. The Bertz CT molecular complexity index is 550. The molecular weight excluding hydrogens is 439 g/mol. The lowest BCUT2D eigenvalue weighted by molar-refractivity contribution is -0.132. The number of nitrogens with one attached hydrogen (secondary N) is 2. The van der Waals surface area contributed by atoms with Crippen LogP contribution >= 0.6 is 24.0 Å². The van der Waals surface area contributed by atoms with Gasteiger partial charge in [-0.15, -0.1) is 24.0 Å². The van der Waals surface area contributed by atoms with Crippen molar-refractivity contribution in [3.05, 3.63) is 35.9 Å².